The van der Waals surface area contributed by atoms with E-state index in [4.69, 9.17) is 4.74 Å². The Kier molecular flexibility index (Phi) is 5.13. The standard InChI is InChI=1S/C12H20N2O2/c1-4-16-12(15)14-11-7-10(13-8-11)6-5-9(2)3/h9-11,13H,4,7-8H2,1-3H3,(H,14,15)/t10?,11-/m1/s1. The Balaban J connectivity index is 2.30. The van der Waals surface area contributed by atoms with Crippen LogP contribution in [0.3, 0.4) is 0 Å². The maximum Gasteiger partial charge on any atom is 0.407 e. The largest absolute Gasteiger partial charge is 0.450 e. The molecule has 0 bridgehead atoms. The molecule has 1 amide bonds. The number of carbonyl (C=O) groups excluding carboxylic acids is 1. The quantitative estimate of drug-likeness (QED) is 0.691. The average molecular weight is 224 g/mol. The number of alkyl carbamates (subject to hydrolysis) is 1. The molecule has 1 rings (SSSR count). The van der Waals surface area contributed by atoms with Crippen molar-refractivity contribution in [2.24, 2.45) is 5.92 Å². The fourth-order valence-electron chi connectivity index (χ4n) is 1.56. The van der Waals surface area contributed by atoms with E-state index in [9.17, 15) is 4.79 Å². The van der Waals surface area contributed by atoms with Crippen molar-refractivity contribution in [3.05, 3.63) is 0 Å². The van der Waals surface area contributed by atoms with Gasteiger partial charge in [0.2, 0.25) is 0 Å². The molecular weight excluding hydrogens is 204 g/mol. The fraction of sp³-hybridized carbons (Fsp3) is 0.750. The van der Waals surface area contributed by atoms with Gasteiger partial charge in [-0.05, 0) is 13.3 Å². The van der Waals surface area contributed by atoms with Gasteiger partial charge in [-0.15, -0.1) is 0 Å². The minimum Gasteiger partial charge on any atom is -0.450 e. The molecule has 1 heterocycles. The van der Waals surface area contributed by atoms with Gasteiger partial charge in [-0.3, -0.25) is 0 Å². The summed E-state index contributed by atoms with van der Waals surface area (Å²) in [6.07, 6.45) is 0.505. The topological polar surface area (TPSA) is 50.4 Å². The molecule has 2 atom stereocenters. The van der Waals surface area contributed by atoms with Gasteiger partial charge in [0.1, 0.15) is 0 Å². The fourth-order valence-corrected chi connectivity index (χ4v) is 1.56. The van der Waals surface area contributed by atoms with E-state index < -0.39 is 0 Å². The average Bonchev–Trinajstić information content (AvgIpc) is 2.63. The number of ether oxygens (including phenoxy) is 1. The summed E-state index contributed by atoms with van der Waals surface area (Å²) < 4.78 is 4.82. The number of hydrogen-bond acceptors (Lipinski definition) is 3. The van der Waals surface area contributed by atoms with Crippen molar-refractivity contribution < 1.29 is 9.53 Å². The Morgan fingerprint density at radius 3 is 3.00 bits per heavy atom. The molecule has 2 N–H and O–H groups in total. The maximum atomic E-state index is 11.2. The van der Waals surface area contributed by atoms with Crippen molar-refractivity contribution in [3.63, 3.8) is 0 Å². The van der Waals surface area contributed by atoms with E-state index in [0.717, 1.165) is 13.0 Å². The number of rotatable bonds is 2. The molecule has 4 heteroatoms. The van der Waals surface area contributed by atoms with Crippen molar-refractivity contribution >= 4 is 6.09 Å². The predicted octanol–water partition coefficient (Wildman–Crippen LogP) is 1.12. The van der Waals surface area contributed by atoms with Gasteiger partial charge < -0.3 is 15.4 Å². The molecule has 0 aliphatic carbocycles. The van der Waals surface area contributed by atoms with E-state index in [-0.39, 0.29) is 18.2 Å². The van der Waals surface area contributed by atoms with Gasteiger partial charge in [0, 0.05) is 18.5 Å². The van der Waals surface area contributed by atoms with Crippen LogP contribution < -0.4 is 10.6 Å². The lowest BCUT2D eigenvalue weighted by Crippen LogP contribution is -2.36. The highest BCUT2D eigenvalue weighted by atomic mass is 16.5. The highest BCUT2D eigenvalue weighted by Crippen LogP contribution is 2.06. The lowest BCUT2D eigenvalue weighted by atomic mass is 10.1. The summed E-state index contributed by atoms with van der Waals surface area (Å²) in [4.78, 5) is 11.2. The minimum atomic E-state index is -0.341. The number of carbonyl (C=O) groups is 1. The van der Waals surface area contributed by atoms with Crippen LogP contribution in [0.2, 0.25) is 0 Å². The molecular formula is C12H20N2O2. The van der Waals surface area contributed by atoms with Gasteiger partial charge in [-0.1, -0.05) is 25.7 Å². The SMILES string of the molecule is CCOC(=O)N[C@H]1CNC(C#CC(C)C)C1. The summed E-state index contributed by atoms with van der Waals surface area (Å²) in [7, 11) is 0. The van der Waals surface area contributed by atoms with Crippen LogP contribution in [0.25, 0.3) is 0 Å². The molecule has 1 aliphatic rings. The van der Waals surface area contributed by atoms with Crippen LogP contribution in [0.15, 0.2) is 0 Å². The molecule has 0 aromatic heterocycles. The van der Waals surface area contributed by atoms with Crippen LogP contribution in [0, 0.1) is 17.8 Å². The monoisotopic (exact) mass is 224 g/mol. The van der Waals surface area contributed by atoms with E-state index >= 15 is 0 Å². The van der Waals surface area contributed by atoms with Crippen molar-refractivity contribution in [2.75, 3.05) is 13.2 Å². The van der Waals surface area contributed by atoms with Gasteiger partial charge in [0.05, 0.1) is 12.6 Å². The van der Waals surface area contributed by atoms with Crippen molar-refractivity contribution in [1.82, 2.24) is 10.6 Å². The first-order valence-electron chi connectivity index (χ1n) is 5.79. The zero-order valence-corrected chi connectivity index (χ0v) is 10.2. The molecule has 0 saturated carbocycles. The van der Waals surface area contributed by atoms with Crippen molar-refractivity contribution in [2.45, 2.75) is 39.3 Å². The Morgan fingerprint density at radius 1 is 1.62 bits per heavy atom. The molecule has 1 aliphatic heterocycles. The second kappa shape index (κ2) is 6.39. The minimum absolute atomic E-state index is 0.130. The summed E-state index contributed by atoms with van der Waals surface area (Å²) in [6.45, 7) is 7.09. The maximum absolute atomic E-state index is 11.2. The van der Waals surface area contributed by atoms with E-state index in [0.29, 0.717) is 12.5 Å². The molecule has 0 aromatic carbocycles. The summed E-state index contributed by atoms with van der Waals surface area (Å²) in [6, 6.07) is 0.319. The molecule has 0 radical (unpaired) electrons. The lowest BCUT2D eigenvalue weighted by Gasteiger charge is -2.10. The van der Waals surface area contributed by atoms with Crippen LogP contribution in [-0.4, -0.2) is 31.3 Å². The summed E-state index contributed by atoms with van der Waals surface area (Å²) in [5, 5.41) is 6.07. The van der Waals surface area contributed by atoms with Gasteiger partial charge >= 0.3 is 6.09 Å². The molecule has 0 aromatic rings. The van der Waals surface area contributed by atoms with Crippen molar-refractivity contribution in [1.29, 1.82) is 0 Å². The first-order valence-corrected chi connectivity index (χ1v) is 5.79. The number of nitrogens with one attached hydrogen (secondary N) is 2. The second-order valence-corrected chi connectivity index (χ2v) is 4.20. The highest BCUT2D eigenvalue weighted by molar-refractivity contribution is 5.67. The van der Waals surface area contributed by atoms with E-state index in [1.807, 2.05) is 0 Å². The van der Waals surface area contributed by atoms with E-state index in [1.54, 1.807) is 6.92 Å². The first-order chi connectivity index (χ1) is 7.61. The van der Waals surface area contributed by atoms with Crippen LogP contribution >= 0.6 is 0 Å². The molecule has 1 unspecified atom stereocenters. The third kappa shape index (κ3) is 4.54. The number of amides is 1. The van der Waals surface area contributed by atoms with Crippen LogP contribution in [0.5, 0.6) is 0 Å². The Hall–Kier alpha value is -1.21. The van der Waals surface area contributed by atoms with Crippen LogP contribution in [0.1, 0.15) is 27.2 Å². The van der Waals surface area contributed by atoms with E-state index in [2.05, 4.69) is 36.3 Å². The first kappa shape index (κ1) is 12.9. The zero-order valence-electron chi connectivity index (χ0n) is 10.2. The summed E-state index contributed by atoms with van der Waals surface area (Å²) in [5.41, 5.74) is 0. The Bertz CT molecular complexity index is 291. The van der Waals surface area contributed by atoms with Gasteiger partial charge in [-0.25, -0.2) is 4.79 Å². The number of hydrogen-bond donors (Lipinski definition) is 2. The molecule has 1 fully saturated rings. The third-order valence-electron chi connectivity index (χ3n) is 2.27. The van der Waals surface area contributed by atoms with Gasteiger partial charge in [-0.2, -0.15) is 0 Å². The molecule has 1 saturated heterocycles. The summed E-state index contributed by atoms with van der Waals surface area (Å²) in [5.74, 6) is 6.68. The third-order valence-corrected chi connectivity index (χ3v) is 2.27. The van der Waals surface area contributed by atoms with Gasteiger partial charge in [0.25, 0.3) is 0 Å². The zero-order chi connectivity index (χ0) is 12.0. The second-order valence-electron chi connectivity index (χ2n) is 4.20. The normalized spacial score (nSPS) is 23.8. The van der Waals surface area contributed by atoms with E-state index in [1.165, 1.54) is 0 Å². The smallest absolute Gasteiger partial charge is 0.407 e. The van der Waals surface area contributed by atoms with Gasteiger partial charge in [0.15, 0.2) is 0 Å². The molecule has 90 valence electrons. The molecule has 16 heavy (non-hydrogen) atoms. The highest BCUT2D eigenvalue weighted by Gasteiger charge is 2.24. The lowest BCUT2D eigenvalue weighted by molar-refractivity contribution is 0.148. The van der Waals surface area contributed by atoms with Crippen molar-refractivity contribution in [3.8, 4) is 11.8 Å². The van der Waals surface area contributed by atoms with Crippen LogP contribution in [0.4, 0.5) is 4.79 Å². The molecule has 0 spiro atoms. The molecule has 4 nitrogen and oxygen atoms in total. The predicted molar refractivity (Wildman–Crippen MR) is 63.0 cm³/mol. The summed E-state index contributed by atoms with van der Waals surface area (Å²) >= 11 is 0. The Morgan fingerprint density at radius 2 is 2.38 bits per heavy atom. The van der Waals surface area contributed by atoms with Crippen LogP contribution in [-0.2, 0) is 4.74 Å². The Labute approximate surface area is 97.1 Å².